The van der Waals surface area contributed by atoms with Crippen LogP contribution in [0.4, 0.5) is 0 Å². The van der Waals surface area contributed by atoms with Gasteiger partial charge in [-0.25, -0.2) is 0 Å². The Balaban J connectivity index is 1.96. The van der Waals surface area contributed by atoms with Crippen LogP contribution in [0.2, 0.25) is 0 Å². The van der Waals surface area contributed by atoms with E-state index in [0.717, 1.165) is 21.3 Å². The largest absolute Gasteiger partial charge is 0.298 e. The smallest absolute Gasteiger partial charge is 0.153 e. The summed E-state index contributed by atoms with van der Waals surface area (Å²) in [6, 6.07) is 2.45. The number of thiophene rings is 1. The Kier molecular flexibility index (Phi) is 4.36. The third kappa shape index (κ3) is 2.74. The second kappa shape index (κ2) is 6.22. The zero-order chi connectivity index (χ0) is 13.9. The normalized spacial score (nSPS) is 17.1. The third-order valence-corrected chi connectivity index (χ3v) is 5.76. The maximum Gasteiger partial charge on any atom is 0.153 e. The van der Waals surface area contributed by atoms with Crippen molar-refractivity contribution in [2.24, 2.45) is 0 Å². The van der Waals surface area contributed by atoms with Gasteiger partial charge in [0.25, 0.3) is 0 Å². The minimum absolute atomic E-state index is 0.448. The van der Waals surface area contributed by atoms with Gasteiger partial charge in [0.15, 0.2) is 6.29 Å². The molecule has 1 aliphatic rings. The molecule has 1 saturated carbocycles. The van der Waals surface area contributed by atoms with Crippen molar-refractivity contribution in [2.45, 2.75) is 44.6 Å². The number of nitrogens with zero attached hydrogens (tertiary/aromatic N) is 2. The van der Waals surface area contributed by atoms with Gasteiger partial charge in [0.2, 0.25) is 0 Å². The zero-order valence-corrected chi connectivity index (χ0v) is 13.6. The van der Waals surface area contributed by atoms with E-state index in [2.05, 4.69) is 15.9 Å². The summed E-state index contributed by atoms with van der Waals surface area (Å²) in [5.41, 5.74) is 1.50. The van der Waals surface area contributed by atoms with E-state index >= 15 is 0 Å². The fraction of sp³-hybridized carbons (Fsp3) is 0.467. The number of rotatable bonds is 3. The molecular weight excluding hydrogens is 336 g/mol. The van der Waals surface area contributed by atoms with Crippen LogP contribution < -0.4 is 0 Å². The first kappa shape index (κ1) is 14.0. The molecule has 0 bridgehead atoms. The minimum atomic E-state index is 0.448. The number of halogens is 1. The monoisotopic (exact) mass is 352 g/mol. The molecular formula is C15H17BrN2OS. The predicted octanol–water partition coefficient (Wildman–Crippen LogP) is 5.08. The molecule has 3 nitrogen and oxygen atoms in total. The van der Waals surface area contributed by atoms with Crippen molar-refractivity contribution in [3.05, 3.63) is 27.7 Å². The van der Waals surface area contributed by atoms with Crippen molar-refractivity contribution in [3.8, 4) is 10.6 Å². The van der Waals surface area contributed by atoms with Crippen LogP contribution >= 0.6 is 27.3 Å². The molecule has 0 saturated heterocycles. The van der Waals surface area contributed by atoms with Gasteiger partial charge in [0.05, 0.1) is 16.5 Å². The number of aromatic nitrogens is 2. The lowest BCUT2D eigenvalue weighted by atomic mass is 10.1. The summed E-state index contributed by atoms with van der Waals surface area (Å²) in [6.07, 6.45) is 10.4. The highest BCUT2D eigenvalue weighted by atomic mass is 79.9. The quantitative estimate of drug-likeness (QED) is 0.570. The van der Waals surface area contributed by atoms with Gasteiger partial charge in [-0.2, -0.15) is 5.10 Å². The fourth-order valence-electron chi connectivity index (χ4n) is 2.84. The van der Waals surface area contributed by atoms with Crippen molar-refractivity contribution in [1.29, 1.82) is 0 Å². The van der Waals surface area contributed by atoms with Gasteiger partial charge in [-0.1, -0.05) is 25.7 Å². The summed E-state index contributed by atoms with van der Waals surface area (Å²) in [6.45, 7) is 0. The lowest BCUT2D eigenvalue weighted by molar-refractivity contribution is 0.112. The van der Waals surface area contributed by atoms with Gasteiger partial charge in [-0.3, -0.25) is 9.48 Å². The van der Waals surface area contributed by atoms with E-state index in [1.807, 2.05) is 22.3 Å². The van der Waals surface area contributed by atoms with Crippen molar-refractivity contribution < 1.29 is 4.79 Å². The summed E-state index contributed by atoms with van der Waals surface area (Å²) < 4.78 is 3.04. The van der Waals surface area contributed by atoms with Gasteiger partial charge in [-0.15, -0.1) is 11.3 Å². The maximum atomic E-state index is 11.3. The molecule has 0 amide bonds. The fourth-order valence-corrected chi connectivity index (χ4v) is 4.41. The van der Waals surface area contributed by atoms with Crippen LogP contribution in [0, 0.1) is 0 Å². The molecule has 5 heteroatoms. The van der Waals surface area contributed by atoms with Crippen molar-refractivity contribution >= 4 is 33.6 Å². The van der Waals surface area contributed by atoms with Gasteiger partial charge in [-0.05, 0) is 40.2 Å². The Labute approximate surface area is 131 Å². The van der Waals surface area contributed by atoms with Crippen LogP contribution in [0.3, 0.4) is 0 Å². The van der Waals surface area contributed by atoms with Crippen LogP contribution in [0.15, 0.2) is 22.1 Å². The standard InChI is InChI=1S/C15H17BrN2OS/c16-13-7-8-20-15(13)14-11(10-19)9-18(17-14)12-5-3-1-2-4-6-12/h7-10,12H,1-6H2. The number of hydrogen-bond acceptors (Lipinski definition) is 3. The average Bonchev–Trinajstić information content (AvgIpc) is 2.96. The van der Waals surface area contributed by atoms with Crippen LogP contribution in [0.5, 0.6) is 0 Å². The lowest BCUT2D eigenvalue weighted by Crippen LogP contribution is -2.08. The van der Waals surface area contributed by atoms with Crippen molar-refractivity contribution in [2.75, 3.05) is 0 Å². The molecule has 1 aliphatic carbocycles. The van der Waals surface area contributed by atoms with Crippen LogP contribution in [0.25, 0.3) is 10.6 Å². The Morgan fingerprint density at radius 3 is 2.65 bits per heavy atom. The Bertz CT molecular complexity index is 597. The first-order valence-electron chi connectivity index (χ1n) is 7.07. The molecule has 20 heavy (non-hydrogen) atoms. The molecule has 2 heterocycles. The van der Waals surface area contributed by atoms with Gasteiger partial charge >= 0.3 is 0 Å². The topological polar surface area (TPSA) is 34.9 Å². The second-order valence-electron chi connectivity index (χ2n) is 5.27. The predicted molar refractivity (Wildman–Crippen MR) is 85.4 cm³/mol. The molecule has 0 aromatic carbocycles. The molecule has 0 radical (unpaired) electrons. The first-order valence-corrected chi connectivity index (χ1v) is 8.74. The van der Waals surface area contributed by atoms with E-state index in [-0.39, 0.29) is 0 Å². The molecule has 106 valence electrons. The van der Waals surface area contributed by atoms with E-state index < -0.39 is 0 Å². The molecule has 0 aliphatic heterocycles. The van der Waals surface area contributed by atoms with E-state index in [4.69, 9.17) is 5.10 Å². The third-order valence-electron chi connectivity index (χ3n) is 3.92. The average molecular weight is 353 g/mol. The SMILES string of the molecule is O=Cc1cn(C2CCCCCC2)nc1-c1sccc1Br. The molecule has 0 unspecified atom stereocenters. The zero-order valence-electron chi connectivity index (χ0n) is 11.2. The van der Waals surface area contributed by atoms with Crippen LogP contribution in [-0.2, 0) is 0 Å². The number of hydrogen-bond donors (Lipinski definition) is 0. The lowest BCUT2D eigenvalue weighted by Gasteiger charge is -2.14. The molecule has 2 aromatic heterocycles. The van der Waals surface area contributed by atoms with Gasteiger partial charge in [0, 0.05) is 10.7 Å². The number of carbonyl (C=O) groups is 1. The molecule has 1 fully saturated rings. The van der Waals surface area contributed by atoms with Crippen molar-refractivity contribution in [3.63, 3.8) is 0 Å². The summed E-state index contributed by atoms with van der Waals surface area (Å²) in [4.78, 5) is 12.4. The summed E-state index contributed by atoms with van der Waals surface area (Å²) >= 11 is 5.14. The van der Waals surface area contributed by atoms with Gasteiger partial charge in [0.1, 0.15) is 5.69 Å². The minimum Gasteiger partial charge on any atom is -0.298 e. The highest BCUT2D eigenvalue weighted by Gasteiger charge is 2.20. The molecule has 2 aromatic rings. The molecule has 0 atom stereocenters. The number of carbonyl (C=O) groups excluding carboxylic acids is 1. The summed E-state index contributed by atoms with van der Waals surface area (Å²) in [7, 11) is 0. The molecule has 0 spiro atoms. The van der Waals surface area contributed by atoms with E-state index in [1.54, 1.807) is 11.3 Å². The van der Waals surface area contributed by atoms with Crippen LogP contribution in [-0.4, -0.2) is 16.1 Å². The van der Waals surface area contributed by atoms with E-state index in [0.29, 0.717) is 11.6 Å². The summed E-state index contributed by atoms with van der Waals surface area (Å²) in [5.74, 6) is 0. The van der Waals surface area contributed by atoms with Gasteiger partial charge < -0.3 is 0 Å². The van der Waals surface area contributed by atoms with E-state index in [9.17, 15) is 4.79 Å². The Hall–Kier alpha value is -0.940. The molecule has 3 rings (SSSR count). The van der Waals surface area contributed by atoms with Crippen LogP contribution in [0.1, 0.15) is 54.9 Å². The van der Waals surface area contributed by atoms with Crippen molar-refractivity contribution in [1.82, 2.24) is 9.78 Å². The Morgan fingerprint density at radius 2 is 2.05 bits per heavy atom. The highest BCUT2D eigenvalue weighted by Crippen LogP contribution is 2.35. The molecule has 0 N–H and O–H groups in total. The Morgan fingerprint density at radius 1 is 1.30 bits per heavy atom. The second-order valence-corrected chi connectivity index (χ2v) is 7.04. The maximum absolute atomic E-state index is 11.3. The first-order chi connectivity index (χ1) is 9.79. The highest BCUT2D eigenvalue weighted by molar-refractivity contribution is 9.10. The van der Waals surface area contributed by atoms with E-state index in [1.165, 1.54) is 38.5 Å². The number of aldehydes is 1. The summed E-state index contributed by atoms with van der Waals surface area (Å²) in [5, 5.41) is 6.73.